The van der Waals surface area contributed by atoms with Crippen molar-refractivity contribution in [1.29, 1.82) is 0 Å². The summed E-state index contributed by atoms with van der Waals surface area (Å²) in [6.45, 7) is 0. The third kappa shape index (κ3) is 0.996. The summed E-state index contributed by atoms with van der Waals surface area (Å²) in [4.78, 5) is 0. The number of fused-ring (bicyclic) bond motifs is 5. The fraction of sp³-hybridized carbons (Fsp3) is 0.250. The van der Waals surface area contributed by atoms with Crippen LogP contribution in [0.15, 0.2) is 30.3 Å². The van der Waals surface area contributed by atoms with Crippen LogP contribution in [0.5, 0.6) is 0 Å². The molecule has 1 radical (unpaired) electrons. The lowest BCUT2D eigenvalue weighted by Crippen LogP contribution is -1.89. The number of rotatable bonds is 0. The topological polar surface area (TPSA) is 0 Å². The number of aryl methyl sites for hydroxylation is 1. The zero-order chi connectivity index (χ0) is 10.5. The molecule has 0 atom stereocenters. The fourth-order valence-corrected chi connectivity index (χ4v) is 3.21. The van der Waals surface area contributed by atoms with E-state index in [2.05, 4.69) is 36.4 Å². The van der Waals surface area contributed by atoms with Crippen LogP contribution in [-0.2, 0) is 19.3 Å². The minimum atomic E-state index is 1.08. The van der Waals surface area contributed by atoms with Gasteiger partial charge in [0.25, 0.3) is 0 Å². The lowest BCUT2D eigenvalue weighted by molar-refractivity contribution is 0.912. The average Bonchev–Trinajstić information content (AvgIpc) is 2.91. The van der Waals surface area contributed by atoms with E-state index in [9.17, 15) is 0 Å². The summed E-state index contributed by atoms with van der Waals surface area (Å²) in [5.74, 6) is 0. The molecule has 0 saturated carbocycles. The van der Waals surface area contributed by atoms with E-state index in [1.54, 1.807) is 5.56 Å². The van der Waals surface area contributed by atoms with Crippen molar-refractivity contribution in [2.24, 2.45) is 0 Å². The second-order valence-electron chi connectivity index (χ2n) is 4.83. The molecule has 2 aromatic carbocycles. The van der Waals surface area contributed by atoms with Gasteiger partial charge in [-0.1, -0.05) is 30.3 Å². The van der Waals surface area contributed by atoms with Gasteiger partial charge in [0.2, 0.25) is 0 Å². The van der Waals surface area contributed by atoms with E-state index in [0.717, 1.165) is 6.42 Å². The summed E-state index contributed by atoms with van der Waals surface area (Å²) in [5.41, 5.74) is 9.03. The fourth-order valence-electron chi connectivity index (χ4n) is 3.21. The van der Waals surface area contributed by atoms with Crippen LogP contribution in [0, 0.1) is 6.07 Å². The molecule has 0 aliphatic heterocycles. The van der Waals surface area contributed by atoms with Gasteiger partial charge in [0, 0.05) is 0 Å². The van der Waals surface area contributed by atoms with Gasteiger partial charge in [0.15, 0.2) is 0 Å². The Morgan fingerprint density at radius 2 is 1.94 bits per heavy atom. The van der Waals surface area contributed by atoms with Gasteiger partial charge in [-0.25, -0.2) is 0 Å². The number of hydrogen-bond acceptors (Lipinski definition) is 0. The summed E-state index contributed by atoms with van der Waals surface area (Å²) >= 11 is 0. The largest absolute Gasteiger partial charge is 0.0619 e. The molecule has 0 N–H and O–H groups in total. The van der Waals surface area contributed by atoms with E-state index >= 15 is 0 Å². The van der Waals surface area contributed by atoms with Gasteiger partial charge in [0.05, 0.1) is 0 Å². The number of benzene rings is 2. The molecule has 4 rings (SSSR count). The van der Waals surface area contributed by atoms with Gasteiger partial charge in [-0.05, 0) is 65.1 Å². The van der Waals surface area contributed by atoms with Crippen LogP contribution in [0.25, 0.3) is 11.1 Å². The third-order valence-corrected chi connectivity index (χ3v) is 3.94. The molecule has 0 nitrogen and oxygen atoms in total. The van der Waals surface area contributed by atoms with Crippen LogP contribution < -0.4 is 0 Å². The highest BCUT2D eigenvalue weighted by Crippen LogP contribution is 2.42. The molecule has 0 aromatic heterocycles. The lowest BCUT2D eigenvalue weighted by atomic mass is 9.97. The molecule has 0 heteroatoms. The van der Waals surface area contributed by atoms with E-state index < -0.39 is 0 Å². The van der Waals surface area contributed by atoms with E-state index in [0.29, 0.717) is 0 Å². The van der Waals surface area contributed by atoms with Crippen LogP contribution in [0.4, 0.5) is 0 Å². The molecule has 77 valence electrons. The zero-order valence-corrected chi connectivity index (χ0v) is 9.22. The Balaban J connectivity index is 2.06. The van der Waals surface area contributed by atoms with Crippen molar-refractivity contribution in [1.82, 2.24) is 0 Å². The van der Waals surface area contributed by atoms with Crippen LogP contribution in [0.1, 0.15) is 28.7 Å². The summed E-state index contributed by atoms with van der Waals surface area (Å²) in [6, 6.07) is 14.6. The molecular weight excluding hydrogens is 192 g/mol. The van der Waals surface area contributed by atoms with Crippen molar-refractivity contribution in [3.8, 4) is 11.1 Å². The molecule has 0 heterocycles. The Labute approximate surface area is 95.9 Å². The van der Waals surface area contributed by atoms with Gasteiger partial charge in [-0.15, -0.1) is 0 Å². The molecule has 0 amide bonds. The highest BCUT2D eigenvalue weighted by atomic mass is 14.3. The number of hydrogen-bond donors (Lipinski definition) is 0. The Morgan fingerprint density at radius 1 is 1.00 bits per heavy atom. The smallest absolute Gasteiger partial charge is 0.000718 e. The van der Waals surface area contributed by atoms with Crippen molar-refractivity contribution in [2.45, 2.75) is 25.7 Å². The minimum Gasteiger partial charge on any atom is -0.0619 e. The van der Waals surface area contributed by atoms with E-state index in [1.165, 1.54) is 47.1 Å². The minimum absolute atomic E-state index is 1.08. The first-order valence-corrected chi connectivity index (χ1v) is 6.07. The van der Waals surface area contributed by atoms with Crippen molar-refractivity contribution in [3.63, 3.8) is 0 Å². The normalized spacial score (nSPS) is 15.8. The average molecular weight is 205 g/mol. The molecule has 2 aliphatic carbocycles. The standard InChI is InChI=1S/C16H13/c1-2-6-15-12(4-1)10-13-9-8-11-5-3-7-14(11)16(13)15/h1-2,4,6,8H,3,5,7,10H2. The van der Waals surface area contributed by atoms with Gasteiger partial charge in [0.1, 0.15) is 0 Å². The first-order valence-electron chi connectivity index (χ1n) is 6.07. The Morgan fingerprint density at radius 3 is 2.94 bits per heavy atom. The highest BCUT2D eigenvalue weighted by Gasteiger charge is 2.24. The maximum Gasteiger partial charge on any atom is -0.000718 e. The Hall–Kier alpha value is -1.56. The van der Waals surface area contributed by atoms with Crippen LogP contribution in [-0.4, -0.2) is 0 Å². The highest BCUT2D eigenvalue weighted by molar-refractivity contribution is 5.80. The summed E-state index contributed by atoms with van der Waals surface area (Å²) < 4.78 is 0. The summed E-state index contributed by atoms with van der Waals surface area (Å²) in [5, 5.41) is 0. The monoisotopic (exact) mass is 205 g/mol. The van der Waals surface area contributed by atoms with E-state index in [4.69, 9.17) is 0 Å². The summed E-state index contributed by atoms with van der Waals surface area (Å²) in [7, 11) is 0. The van der Waals surface area contributed by atoms with E-state index in [1.807, 2.05) is 0 Å². The molecule has 16 heavy (non-hydrogen) atoms. The Bertz CT molecular complexity index is 579. The van der Waals surface area contributed by atoms with Crippen molar-refractivity contribution >= 4 is 0 Å². The Kier molecular flexibility index (Phi) is 1.59. The van der Waals surface area contributed by atoms with Crippen molar-refractivity contribution < 1.29 is 0 Å². The van der Waals surface area contributed by atoms with Crippen LogP contribution in [0.2, 0.25) is 0 Å². The van der Waals surface area contributed by atoms with Gasteiger partial charge in [-0.2, -0.15) is 0 Å². The first-order chi connectivity index (χ1) is 7.93. The third-order valence-electron chi connectivity index (χ3n) is 3.94. The molecule has 2 aliphatic rings. The summed E-state index contributed by atoms with van der Waals surface area (Å²) in [6.07, 6.45) is 4.92. The van der Waals surface area contributed by atoms with Crippen molar-refractivity contribution in [3.05, 3.63) is 58.7 Å². The van der Waals surface area contributed by atoms with Crippen LogP contribution in [0.3, 0.4) is 0 Å². The zero-order valence-electron chi connectivity index (χ0n) is 9.22. The molecule has 0 fully saturated rings. The SMILES string of the molecule is [c]1cc2c(c3c1Cc1ccccc1-3)CCC2. The maximum atomic E-state index is 3.50. The molecular formula is C16H13. The van der Waals surface area contributed by atoms with Crippen LogP contribution >= 0.6 is 0 Å². The van der Waals surface area contributed by atoms with Gasteiger partial charge < -0.3 is 0 Å². The molecule has 0 bridgehead atoms. The second kappa shape index (κ2) is 2.98. The molecule has 0 saturated heterocycles. The van der Waals surface area contributed by atoms with Gasteiger partial charge in [-0.3, -0.25) is 0 Å². The molecule has 2 aromatic rings. The van der Waals surface area contributed by atoms with Crippen molar-refractivity contribution in [2.75, 3.05) is 0 Å². The predicted molar refractivity (Wildman–Crippen MR) is 65.5 cm³/mol. The lowest BCUT2D eigenvalue weighted by Gasteiger charge is -2.07. The predicted octanol–water partition coefficient (Wildman–Crippen LogP) is 3.55. The first kappa shape index (κ1) is 8.58. The van der Waals surface area contributed by atoms with E-state index in [-0.39, 0.29) is 0 Å². The van der Waals surface area contributed by atoms with Gasteiger partial charge >= 0.3 is 0 Å². The molecule has 0 spiro atoms. The molecule has 0 unspecified atom stereocenters. The second-order valence-corrected chi connectivity index (χ2v) is 4.83. The maximum absolute atomic E-state index is 3.50. The quantitative estimate of drug-likeness (QED) is 0.526.